The molecule has 0 unspecified atom stereocenters. The maximum atomic E-state index is 11.0. The van der Waals surface area contributed by atoms with E-state index >= 15 is 0 Å². The fourth-order valence-electron chi connectivity index (χ4n) is 4.77. The first-order valence-electron chi connectivity index (χ1n) is 11.6. The van der Waals surface area contributed by atoms with Crippen LogP contribution in [0.2, 0.25) is 0 Å². The van der Waals surface area contributed by atoms with Crippen LogP contribution in [0.3, 0.4) is 0 Å². The summed E-state index contributed by atoms with van der Waals surface area (Å²) in [6.07, 6.45) is 8.14. The largest absolute Gasteiger partial charge is 0.497 e. The summed E-state index contributed by atoms with van der Waals surface area (Å²) in [6, 6.07) is 7.65. The van der Waals surface area contributed by atoms with Gasteiger partial charge in [-0.3, -0.25) is 4.98 Å². The zero-order valence-electron chi connectivity index (χ0n) is 19.1. The van der Waals surface area contributed by atoms with Gasteiger partial charge in [0.15, 0.2) is 0 Å². The van der Waals surface area contributed by atoms with E-state index in [2.05, 4.69) is 14.9 Å². The molecule has 4 rings (SSSR count). The highest BCUT2D eigenvalue weighted by Gasteiger charge is 2.29. The van der Waals surface area contributed by atoms with E-state index in [1.807, 2.05) is 24.3 Å². The number of fused-ring (bicyclic) bond motifs is 1. The molecule has 1 saturated heterocycles. The summed E-state index contributed by atoms with van der Waals surface area (Å²) in [7, 11) is 1.64. The van der Waals surface area contributed by atoms with Crippen molar-refractivity contribution in [3.63, 3.8) is 0 Å². The average molecular weight is 472 g/mol. The molecule has 8 heteroatoms. The Morgan fingerprint density at radius 3 is 2.94 bits per heavy atom. The molecule has 0 saturated carbocycles. The molecular weight excluding hydrogens is 438 g/mol. The molecule has 1 aliphatic heterocycles. The Morgan fingerprint density at radius 1 is 1.24 bits per heavy atom. The fourth-order valence-corrected chi connectivity index (χ4v) is 5.47. The number of aliphatic hydroxyl groups is 2. The molecule has 7 nitrogen and oxygen atoms in total. The van der Waals surface area contributed by atoms with Gasteiger partial charge in [-0.1, -0.05) is 11.8 Å². The monoisotopic (exact) mass is 471 g/mol. The first-order valence-corrected chi connectivity index (χ1v) is 12.6. The number of hydrogen-bond acceptors (Lipinski definition) is 8. The normalized spacial score (nSPS) is 20.2. The van der Waals surface area contributed by atoms with Gasteiger partial charge in [0.2, 0.25) is 0 Å². The van der Waals surface area contributed by atoms with Gasteiger partial charge < -0.3 is 24.3 Å². The van der Waals surface area contributed by atoms with Crippen molar-refractivity contribution in [2.45, 2.75) is 37.0 Å². The molecule has 1 aliphatic rings. The van der Waals surface area contributed by atoms with Gasteiger partial charge in [-0.05, 0) is 80.4 Å². The quantitative estimate of drug-likeness (QED) is 0.318. The Morgan fingerprint density at radius 2 is 2.15 bits per heavy atom. The van der Waals surface area contributed by atoms with Gasteiger partial charge >= 0.3 is 0 Å². The van der Waals surface area contributed by atoms with Gasteiger partial charge in [0.05, 0.1) is 24.9 Å². The maximum Gasteiger partial charge on any atom is 0.255 e. The van der Waals surface area contributed by atoms with Crippen molar-refractivity contribution in [3.05, 3.63) is 48.5 Å². The zero-order chi connectivity index (χ0) is 23.0. The van der Waals surface area contributed by atoms with Crippen molar-refractivity contribution in [2.75, 3.05) is 39.1 Å². The van der Waals surface area contributed by atoms with Crippen molar-refractivity contribution in [1.29, 1.82) is 0 Å². The Balaban J connectivity index is 1.27. The Labute approximate surface area is 199 Å². The van der Waals surface area contributed by atoms with Crippen LogP contribution in [0.25, 0.3) is 10.9 Å². The number of piperidine rings is 1. The summed E-state index contributed by atoms with van der Waals surface area (Å²) in [4.78, 5) is 11.0. The third-order valence-corrected chi connectivity index (χ3v) is 7.56. The lowest BCUT2D eigenvalue weighted by Crippen LogP contribution is -2.42. The lowest BCUT2D eigenvalue weighted by Gasteiger charge is -2.38. The summed E-state index contributed by atoms with van der Waals surface area (Å²) >= 11 is 1.64. The summed E-state index contributed by atoms with van der Waals surface area (Å²) < 4.78 is 10.6. The van der Waals surface area contributed by atoms with Crippen LogP contribution >= 0.6 is 11.8 Å². The first-order chi connectivity index (χ1) is 16.2. The standard InChI is InChI=1S/C25H33N3O4S/c1-31-20-4-5-23-22(15-20)21(7-9-26-23)24(30)6-3-18-8-12-28(16-19(18)17-29)11-2-14-33-25-27-10-13-32-25/h4-5,7,9-10,13,15,18-19,24,29-30H,2-3,6,8,11-12,14,16-17H2,1H3/t18-,19-,24-/m1/s1. The number of likely N-dealkylation sites (tertiary alicyclic amines) is 1. The Bertz CT molecular complexity index is 1000. The lowest BCUT2D eigenvalue weighted by molar-refractivity contribution is 0.0580. The van der Waals surface area contributed by atoms with Crippen LogP contribution in [0.5, 0.6) is 5.75 Å². The maximum absolute atomic E-state index is 11.0. The van der Waals surface area contributed by atoms with E-state index in [0.29, 0.717) is 12.3 Å². The van der Waals surface area contributed by atoms with Crippen molar-refractivity contribution in [2.24, 2.45) is 11.8 Å². The van der Waals surface area contributed by atoms with Crippen LogP contribution in [0.15, 0.2) is 52.6 Å². The minimum atomic E-state index is -0.563. The third-order valence-electron chi connectivity index (χ3n) is 6.62. The van der Waals surface area contributed by atoms with E-state index in [1.165, 1.54) is 0 Å². The molecule has 3 aromatic rings. The van der Waals surface area contributed by atoms with Crippen LogP contribution in [-0.2, 0) is 0 Å². The second kappa shape index (κ2) is 11.8. The number of aromatic nitrogens is 2. The highest BCUT2D eigenvalue weighted by molar-refractivity contribution is 7.99. The van der Waals surface area contributed by atoms with Crippen LogP contribution in [-0.4, -0.2) is 64.2 Å². The summed E-state index contributed by atoms with van der Waals surface area (Å²) in [5.74, 6) is 2.40. The van der Waals surface area contributed by atoms with E-state index in [-0.39, 0.29) is 12.5 Å². The summed E-state index contributed by atoms with van der Waals surface area (Å²) in [5.41, 5.74) is 1.75. The third kappa shape index (κ3) is 6.26. The van der Waals surface area contributed by atoms with Crippen molar-refractivity contribution in [1.82, 2.24) is 14.9 Å². The van der Waals surface area contributed by atoms with Gasteiger partial charge in [-0.15, -0.1) is 0 Å². The van der Waals surface area contributed by atoms with Crippen LogP contribution in [0.1, 0.15) is 37.4 Å². The molecule has 2 aromatic heterocycles. The molecule has 33 heavy (non-hydrogen) atoms. The predicted molar refractivity (Wildman–Crippen MR) is 129 cm³/mol. The number of pyridine rings is 1. The molecule has 0 radical (unpaired) electrons. The van der Waals surface area contributed by atoms with Gasteiger partial charge in [0.1, 0.15) is 12.0 Å². The number of benzene rings is 1. The van der Waals surface area contributed by atoms with E-state index in [4.69, 9.17) is 9.15 Å². The number of hydrogen-bond donors (Lipinski definition) is 2. The number of methoxy groups -OCH3 is 1. The highest BCUT2D eigenvalue weighted by atomic mass is 32.2. The predicted octanol–water partition coefficient (Wildman–Crippen LogP) is 4.16. The van der Waals surface area contributed by atoms with E-state index in [9.17, 15) is 10.2 Å². The first kappa shape index (κ1) is 24.0. The Kier molecular flexibility index (Phi) is 8.61. The van der Waals surface area contributed by atoms with E-state index in [0.717, 1.165) is 72.1 Å². The number of ether oxygens (including phenoxy) is 1. The van der Waals surface area contributed by atoms with Crippen LogP contribution in [0, 0.1) is 11.8 Å². The van der Waals surface area contributed by atoms with Gasteiger partial charge in [0.25, 0.3) is 5.22 Å². The molecule has 1 aromatic carbocycles. The number of aliphatic hydroxyl groups excluding tert-OH is 2. The molecule has 1 fully saturated rings. The van der Waals surface area contributed by atoms with Gasteiger partial charge in [-0.25, -0.2) is 4.98 Å². The fraction of sp³-hybridized carbons (Fsp3) is 0.520. The SMILES string of the molecule is COc1ccc2nccc([C@H](O)CC[C@@H]3CCN(CCCSc4ncco4)C[C@@H]3CO)c2c1. The summed E-state index contributed by atoms with van der Waals surface area (Å²) in [6.45, 7) is 3.16. The minimum Gasteiger partial charge on any atom is -0.497 e. The molecule has 178 valence electrons. The van der Waals surface area contributed by atoms with E-state index in [1.54, 1.807) is 37.5 Å². The van der Waals surface area contributed by atoms with Crippen LogP contribution < -0.4 is 4.74 Å². The molecular formula is C25H33N3O4S. The minimum absolute atomic E-state index is 0.192. The molecule has 0 amide bonds. The van der Waals surface area contributed by atoms with Gasteiger partial charge in [-0.2, -0.15) is 0 Å². The highest BCUT2D eigenvalue weighted by Crippen LogP contribution is 2.33. The van der Waals surface area contributed by atoms with Crippen molar-refractivity contribution < 1.29 is 19.4 Å². The van der Waals surface area contributed by atoms with Crippen molar-refractivity contribution >= 4 is 22.7 Å². The molecule has 3 atom stereocenters. The smallest absolute Gasteiger partial charge is 0.255 e. The number of rotatable bonds is 11. The second-order valence-electron chi connectivity index (χ2n) is 8.67. The van der Waals surface area contributed by atoms with E-state index < -0.39 is 6.10 Å². The lowest BCUT2D eigenvalue weighted by atomic mass is 9.81. The number of nitrogens with zero attached hydrogens (tertiary/aromatic N) is 3. The molecule has 0 bridgehead atoms. The van der Waals surface area contributed by atoms with Gasteiger partial charge in [0, 0.05) is 30.5 Å². The topological polar surface area (TPSA) is 91.9 Å². The number of thioether (sulfide) groups is 1. The van der Waals surface area contributed by atoms with Crippen molar-refractivity contribution in [3.8, 4) is 5.75 Å². The van der Waals surface area contributed by atoms with Crippen LogP contribution in [0.4, 0.5) is 0 Å². The summed E-state index contributed by atoms with van der Waals surface area (Å²) in [5, 5.41) is 22.7. The molecule has 0 spiro atoms. The molecule has 3 heterocycles. The zero-order valence-corrected chi connectivity index (χ0v) is 19.9. The number of oxazole rings is 1. The molecule has 2 N–H and O–H groups in total. The Hall–Kier alpha value is -2.13. The average Bonchev–Trinajstić information content (AvgIpc) is 3.38. The second-order valence-corrected chi connectivity index (χ2v) is 9.71. The molecule has 0 aliphatic carbocycles.